The number of aryl methyl sites for hydroxylation is 2. The van der Waals surface area contributed by atoms with Gasteiger partial charge in [-0.1, -0.05) is 42.5 Å². The number of carbonyl (C=O) groups is 2. The SMILES string of the molecule is CC(=O)Nc1nc(CCc2ccc(NC(=O)c3ccccc3-c3ccc(C(F)(F)F)cc3)cc2)cs1. The van der Waals surface area contributed by atoms with E-state index in [1.165, 1.54) is 30.4 Å². The third-order valence-electron chi connectivity index (χ3n) is 5.41. The van der Waals surface area contributed by atoms with Crippen LogP contribution in [0.15, 0.2) is 78.2 Å². The van der Waals surface area contributed by atoms with Crippen molar-refractivity contribution in [2.24, 2.45) is 0 Å². The van der Waals surface area contributed by atoms with Crippen LogP contribution in [0.1, 0.15) is 34.1 Å². The smallest absolute Gasteiger partial charge is 0.322 e. The third kappa shape index (κ3) is 6.37. The first kappa shape index (κ1) is 25.1. The summed E-state index contributed by atoms with van der Waals surface area (Å²) in [5.74, 6) is -0.512. The fourth-order valence-electron chi connectivity index (χ4n) is 3.63. The van der Waals surface area contributed by atoms with Gasteiger partial charge in [0.2, 0.25) is 5.91 Å². The maximum absolute atomic E-state index is 13.0. The lowest BCUT2D eigenvalue weighted by Crippen LogP contribution is -2.13. The van der Waals surface area contributed by atoms with Crippen molar-refractivity contribution >= 4 is 34.0 Å². The highest BCUT2D eigenvalue weighted by Crippen LogP contribution is 2.32. The molecular weight excluding hydrogens is 487 g/mol. The molecule has 184 valence electrons. The number of hydrogen-bond donors (Lipinski definition) is 2. The molecule has 3 aromatic carbocycles. The van der Waals surface area contributed by atoms with E-state index in [-0.39, 0.29) is 11.8 Å². The summed E-state index contributed by atoms with van der Waals surface area (Å²) >= 11 is 1.38. The molecule has 0 aliphatic rings. The number of nitrogens with zero attached hydrogens (tertiary/aromatic N) is 1. The Balaban J connectivity index is 1.41. The lowest BCUT2D eigenvalue weighted by atomic mass is 9.98. The standard InChI is InChI=1S/C27H22F3N3O2S/c1-17(34)31-26-33-22(16-36-26)15-8-18-6-13-21(14-7-18)32-25(35)24-5-3-2-4-23(24)19-9-11-20(12-10-19)27(28,29)30/h2-7,9-14,16H,8,15H2,1H3,(H,32,35)(H,31,33,34). The van der Waals surface area contributed by atoms with Crippen LogP contribution in [0.4, 0.5) is 24.0 Å². The highest BCUT2D eigenvalue weighted by atomic mass is 32.1. The van der Waals surface area contributed by atoms with Crippen LogP contribution < -0.4 is 10.6 Å². The van der Waals surface area contributed by atoms with Crippen LogP contribution in [0.25, 0.3) is 11.1 Å². The quantitative estimate of drug-likeness (QED) is 0.287. The average Bonchev–Trinajstić information content (AvgIpc) is 3.29. The number of nitrogens with one attached hydrogen (secondary N) is 2. The number of alkyl halides is 3. The van der Waals surface area contributed by atoms with Crippen LogP contribution in [0.2, 0.25) is 0 Å². The van der Waals surface area contributed by atoms with Crippen molar-refractivity contribution in [2.75, 3.05) is 10.6 Å². The fraction of sp³-hybridized carbons (Fsp3) is 0.148. The van der Waals surface area contributed by atoms with Crippen molar-refractivity contribution in [1.82, 2.24) is 4.98 Å². The summed E-state index contributed by atoms with van der Waals surface area (Å²) in [5, 5.41) is 8.01. The number of benzene rings is 3. The van der Waals surface area contributed by atoms with Gasteiger partial charge < -0.3 is 10.6 Å². The predicted octanol–water partition coefficient (Wildman–Crippen LogP) is 6.82. The van der Waals surface area contributed by atoms with Gasteiger partial charge in [0.15, 0.2) is 5.13 Å². The highest BCUT2D eigenvalue weighted by molar-refractivity contribution is 7.13. The minimum absolute atomic E-state index is 0.157. The summed E-state index contributed by atoms with van der Waals surface area (Å²) in [7, 11) is 0. The van der Waals surface area contributed by atoms with E-state index in [1.807, 2.05) is 17.5 Å². The Hall–Kier alpha value is -3.98. The van der Waals surface area contributed by atoms with E-state index >= 15 is 0 Å². The Morgan fingerprint density at radius 2 is 1.58 bits per heavy atom. The number of anilines is 2. The maximum atomic E-state index is 13.0. The fourth-order valence-corrected chi connectivity index (χ4v) is 4.42. The van der Waals surface area contributed by atoms with Crippen LogP contribution in [0, 0.1) is 0 Å². The van der Waals surface area contributed by atoms with Gasteiger partial charge in [-0.3, -0.25) is 9.59 Å². The van der Waals surface area contributed by atoms with Gasteiger partial charge >= 0.3 is 6.18 Å². The third-order valence-corrected chi connectivity index (χ3v) is 6.22. The summed E-state index contributed by atoms with van der Waals surface area (Å²) < 4.78 is 38.7. The molecule has 9 heteroatoms. The van der Waals surface area contributed by atoms with Crippen LogP contribution >= 0.6 is 11.3 Å². The van der Waals surface area contributed by atoms with Gasteiger partial charge in [-0.2, -0.15) is 13.2 Å². The van der Waals surface area contributed by atoms with Crippen LogP contribution in [-0.4, -0.2) is 16.8 Å². The van der Waals surface area contributed by atoms with Crippen molar-refractivity contribution in [3.05, 3.63) is 101 Å². The van der Waals surface area contributed by atoms with Gasteiger partial charge in [0.05, 0.1) is 11.3 Å². The second-order valence-electron chi connectivity index (χ2n) is 8.10. The molecule has 2 N–H and O–H groups in total. The first-order valence-corrected chi connectivity index (χ1v) is 12.0. The van der Waals surface area contributed by atoms with Crippen molar-refractivity contribution in [2.45, 2.75) is 25.9 Å². The minimum Gasteiger partial charge on any atom is -0.322 e. The van der Waals surface area contributed by atoms with Crippen molar-refractivity contribution < 1.29 is 22.8 Å². The Kier molecular flexibility index (Phi) is 7.49. The molecule has 4 rings (SSSR count). The zero-order chi connectivity index (χ0) is 25.7. The molecule has 0 radical (unpaired) electrons. The van der Waals surface area contributed by atoms with Gasteiger partial charge in [-0.05, 0) is 59.9 Å². The maximum Gasteiger partial charge on any atom is 0.416 e. The molecule has 0 fully saturated rings. The van der Waals surface area contributed by atoms with E-state index in [9.17, 15) is 22.8 Å². The molecule has 1 aromatic heterocycles. The van der Waals surface area contributed by atoms with Crippen LogP contribution in [0.3, 0.4) is 0 Å². The number of amides is 2. The predicted molar refractivity (Wildman–Crippen MR) is 135 cm³/mol. The summed E-state index contributed by atoms with van der Waals surface area (Å²) in [6, 6.07) is 19.0. The van der Waals surface area contributed by atoms with E-state index in [0.29, 0.717) is 33.9 Å². The Morgan fingerprint density at radius 1 is 0.889 bits per heavy atom. The largest absolute Gasteiger partial charge is 0.416 e. The zero-order valence-corrected chi connectivity index (χ0v) is 20.0. The Labute approximate surface area is 210 Å². The molecule has 4 aromatic rings. The molecule has 0 unspecified atom stereocenters. The number of aromatic nitrogens is 1. The molecule has 2 amide bonds. The van der Waals surface area contributed by atoms with E-state index in [4.69, 9.17) is 0 Å². The first-order chi connectivity index (χ1) is 17.2. The van der Waals surface area contributed by atoms with Gasteiger partial charge in [0.1, 0.15) is 0 Å². The van der Waals surface area contributed by atoms with E-state index in [1.54, 1.807) is 36.4 Å². The van der Waals surface area contributed by atoms with Gasteiger partial charge in [0.25, 0.3) is 5.91 Å². The number of hydrogen-bond acceptors (Lipinski definition) is 4. The molecule has 0 spiro atoms. The van der Waals surface area contributed by atoms with Crippen LogP contribution in [0.5, 0.6) is 0 Å². The normalized spacial score (nSPS) is 11.2. The number of halogens is 3. The number of carbonyl (C=O) groups excluding carboxylic acids is 2. The Bertz CT molecular complexity index is 1360. The molecule has 0 aliphatic heterocycles. The second kappa shape index (κ2) is 10.7. The van der Waals surface area contributed by atoms with E-state index < -0.39 is 11.7 Å². The molecule has 0 aliphatic carbocycles. The van der Waals surface area contributed by atoms with E-state index in [0.717, 1.165) is 29.8 Å². The molecule has 36 heavy (non-hydrogen) atoms. The first-order valence-electron chi connectivity index (χ1n) is 11.1. The lowest BCUT2D eigenvalue weighted by Gasteiger charge is -2.12. The summed E-state index contributed by atoms with van der Waals surface area (Å²) in [4.78, 5) is 28.5. The topological polar surface area (TPSA) is 71.1 Å². The molecule has 0 saturated heterocycles. The number of rotatable bonds is 7. The highest BCUT2D eigenvalue weighted by Gasteiger charge is 2.30. The number of thiazole rings is 1. The average molecular weight is 510 g/mol. The summed E-state index contributed by atoms with van der Waals surface area (Å²) in [6.45, 7) is 1.44. The molecule has 0 saturated carbocycles. The van der Waals surface area contributed by atoms with Gasteiger partial charge in [-0.15, -0.1) is 11.3 Å². The molecule has 0 bridgehead atoms. The van der Waals surface area contributed by atoms with E-state index in [2.05, 4.69) is 15.6 Å². The summed E-state index contributed by atoms with van der Waals surface area (Å²) in [5.41, 5.74) is 3.24. The van der Waals surface area contributed by atoms with Gasteiger partial charge in [0, 0.05) is 23.6 Å². The molecular formula is C27H22F3N3O2S. The minimum atomic E-state index is -4.42. The van der Waals surface area contributed by atoms with Crippen molar-refractivity contribution in [3.8, 4) is 11.1 Å². The second-order valence-corrected chi connectivity index (χ2v) is 8.96. The molecule has 1 heterocycles. The molecule has 0 atom stereocenters. The summed E-state index contributed by atoms with van der Waals surface area (Å²) in [6.07, 6.45) is -2.96. The van der Waals surface area contributed by atoms with Gasteiger partial charge in [-0.25, -0.2) is 4.98 Å². The molecule has 5 nitrogen and oxygen atoms in total. The Morgan fingerprint density at radius 3 is 2.25 bits per heavy atom. The van der Waals surface area contributed by atoms with Crippen molar-refractivity contribution in [1.29, 1.82) is 0 Å². The van der Waals surface area contributed by atoms with Crippen molar-refractivity contribution in [3.63, 3.8) is 0 Å². The van der Waals surface area contributed by atoms with Crippen LogP contribution in [-0.2, 0) is 23.8 Å². The lowest BCUT2D eigenvalue weighted by molar-refractivity contribution is -0.137. The zero-order valence-electron chi connectivity index (χ0n) is 19.2. The monoisotopic (exact) mass is 509 g/mol.